The Morgan fingerprint density at radius 3 is 2.67 bits per heavy atom. The molecule has 5 nitrogen and oxygen atoms in total. The molecule has 0 bridgehead atoms. The molecule has 1 amide bonds. The third-order valence-corrected chi connectivity index (χ3v) is 3.13. The number of carbonyl (C=O) groups excluding carboxylic acids is 1. The predicted octanol–water partition coefficient (Wildman–Crippen LogP) is 3.00. The molecule has 112 valence electrons. The first-order chi connectivity index (χ1) is 9.74. The van der Waals surface area contributed by atoms with Crippen LogP contribution in [-0.2, 0) is 4.74 Å². The summed E-state index contributed by atoms with van der Waals surface area (Å²) in [5.74, 6) is 6.05. The van der Waals surface area contributed by atoms with Crippen molar-refractivity contribution >= 4 is 29.3 Å². The number of likely N-dealkylation sites (tertiary alicyclic amines) is 1. The van der Waals surface area contributed by atoms with Crippen LogP contribution in [0.25, 0.3) is 0 Å². The zero-order valence-corrected chi connectivity index (χ0v) is 13.5. The number of nitrogens with zero attached hydrogens (tertiary/aromatic N) is 3. The lowest BCUT2D eigenvalue weighted by Gasteiger charge is -2.37. The standard InChI is InChI=1S/C14H15Cl2N3O2/c1-14(2,3)21-13(20)19-7-9(8-19)4-5-10-6-11(15)17-18-12(10)16/h6,9H,7-8H2,1-3H3. The summed E-state index contributed by atoms with van der Waals surface area (Å²) in [6, 6.07) is 1.56. The van der Waals surface area contributed by atoms with E-state index in [1.165, 1.54) is 0 Å². The molecule has 0 N–H and O–H groups in total. The van der Waals surface area contributed by atoms with Crippen LogP contribution >= 0.6 is 23.2 Å². The summed E-state index contributed by atoms with van der Waals surface area (Å²) in [6.45, 7) is 6.61. The Hall–Kier alpha value is -1.51. The lowest BCUT2D eigenvalue weighted by Crippen LogP contribution is -2.51. The fraction of sp³-hybridized carbons (Fsp3) is 0.500. The summed E-state index contributed by atoms with van der Waals surface area (Å²) in [4.78, 5) is 13.4. The number of hydrogen-bond acceptors (Lipinski definition) is 4. The highest BCUT2D eigenvalue weighted by Gasteiger charge is 2.32. The first kappa shape index (κ1) is 15.9. The molecular weight excluding hydrogens is 313 g/mol. The average Bonchev–Trinajstić information content (AvgIpc) is 2.29. The minimum atomic E-state index is -0.485. The van der Waals surface area contributed by atoms with Gasteiger partial charge in [0, 0.05) is 13.1 Å². The minimum absolute atomic E-state index is 0.0977. The molecule has 0 aliphatic carbocycles. The van der Waals surface area contributed by atoms with Crippen LogP contribution in [0.1, 0.15) is 26.3 Å². The second kappa shape index (κ2) is 6.08. The van der Waals surface area contributed by atoms with Crippen molar-refractivity contribution in [3.8, 4) is 11.8 Å². The third-order valence-electron chi connectivity index (χ3n) is 2.66. The molecule has 0 spiro atoms. The molecule has 1 aromatic heterocycles. The van der Waals surface area contributed by atoms with Gasteiger partial charge in [0.05, 0.1) is 11.5 Å². The molecule has 0 radical (unpaired) electrons. The van der Waals surface area contributed by atoms with Crippen molar-refractivity contribution in [2.75, 3.05) is 13.1 Å². The number of rotatable bonds is 0. The zero-order valence-electron chi connectivity index (χ0n) is 12.0. The fourth-order valence-electron chi connectivity index (χ4n) is 1.67. The second-order valence-corrected chi connectivity index (χ2v) is 6.47. The van der Waals surface area contributed by atoms with Gasteiger partial charge >= 0.3 is 6.09 Å². The topological polar surface area (TPSA) is 55.3 Å². The molecule has 2 rings (SSSR count). The van der Waals surface area contributed by atoms with Crippen molar-refractivity contribution < 1.29 is 9.53 Å². The van der Waals surface area contributed by atoms with E-state index in [4.69, 9.17) is 27.9 Å². The Balaban J connectivity index is 1.90. The maximum atomic E-state index is 11.8. The van der Waals surface area contributed by atoms with E-state index >= 15 is 0 Å². The van der Waals surface area contributed by atoms with Gasteiger partial charge < -0.3 is 9.64 Å². The Labute approximate surface area is 133 Å². The summed E-state index contributed by atoms with van der Waals surface area (Å²) in [7, 11) is 0. The van der Waals surface area contributed by atoms with Crippen LogP contribution in [0.15, 0.2) is 6.07 Å². The Morgan fingerprint density at radius 1 is 1.38 bits per heavy atom. The van der Waals surface area contributed by atoms with E-state index in [2.05, 4.69) is 22.0 Å². The molecule has 1 aliphatic rings. The number of hydrogen-bond donors (Lipinski definition) is 0. The van der Waals surface area contributed by atoms with Gasteiger partial charge in [0.15, 0.2) is 10.3 Å². The van der Waals surface area contributed by atoms with Crippen LogP contribution < -0.4 is 0 Å². The smallest absolute Gasteiger partial charge is 0.410 e. The van der Waals surface area contributed by atoms with Crippen LogP contribution in [0.3, 0.4) is 0 Å². The van der Waals surface area contributed by atoms with Gasteiger partial charge in [0.25, 0.3) is 0 Å². The van der Waals surface area contributed by atoms with E-state index in [9.17, 15) is 4.79 Å². The average molecular weight is 328 g/mol. The summed E-state index contributed by atoms with van der Waals surface area (Å²) in [5.41, 5.74) is 0.0493. The Morgan fingerprint density at radius 2 is 2.05 bits per heavy atom. The van der Waals surface area contributed by atoms with Crippen LogP contribution in [0.5, 0.6) is 0 Å². The van der Waals surface area contributed by atoms with Crippen molar-refractivity contribution in [2.24, 2.45) is 5.92 Å². The quantitative estimate of drug-likeness (QED) is 0.687. The summed E-state index contributed by atoms with van der Waals surface area (Å²) >= 11 is 11.6. The summed E-state index contributed by atoms with van der Waals surface area (Å²) in [5, 5.41) is 7.76. The van der Waals surface area contributed by atoms with Gasteiger partial charge in [-0.2, -0.15) is 0 Å². The van der Waals surface area contributed by atoms with Crippen LogP contribution in [0.2, 0.25) is 10.3 Å². The van der Waals surface area contributed by atoms with E-state index in [1.54, 1.807) is 11.0 Å². The van der Waals surface area contributed by atoms with Gasteiger partial charge in [-0.25, -0.2) is 4.79 Å². The SMILES string of the molecule is CC(C)(C)OC(=O)N1CC(C#Cc2cc(Cl)nnc2Cl)C1. The number of halogens is 2. The number of amides is 1. The molecule has 0 atom stereocenters. The Bertz CT molecular complexity index is 611. The van der Waals surface area contributed by atoms with Crippen LogP contribution in [0, 0.1) is 17.8 Å². The number of aromatic nitrogens is 2. The van der Waals surface area contributed by atoms with Gasteiger partial charge in [-0.1, -0.05) is 35.0 Å². The van der Waals surface area contributed by atoms with Gasteiger partial charge in [0.2, 0.25) is 0 Å². The van der Waals surface area contributed by atoms with Gasteiger partial charge in [-0.3, -0.25) is 0 Å². The summed E-state index contributed by atoms with van der Waals surface area (Å²) in [6.07, 6.45) is -0.313. The molecule has 1 aromatic rings. The molecular formula is C14H15Cl2N3O2. The maximum absolute atomic E-state index is 11.8. The van der Waals surface area contributed by atoms with E-state index < -0.39 is 5.60 Å². The lowest BCUT2D eigenvalue weighted by molar-refractivity contribution is 0.00592. The molecule has 7 heteroatoms. The highest BCUT2D eigenvalue weighted by Crippen LogP contribution is 2.20. The van der Waals surface area contributed by atoms with Gasteiger partial charge in [-0.15, -0.1) is 10.2 Å². The van der Waals surface area contributed by atoms with Crippen LogP contribution in [0.4, 0.5) is 4.79 Å². The van der Waals surface area contributed by atoms with Gasteiger partial charge in [-0.05, 0) is 26.8 Å². The van der Waals surface area contributed by atoms with Crippen LogP contribution in [-0.4, -0.2) is 39.9 Å². The molecule has 1 saturated heterocycles. The fourth-order valence-corrected chi connectivity index (χ4v) is 1.95. The third kappa shape index (κ3) is 4.48. The highest BCUT2D eigenvalue weighted by molar-refractivity contribution is 6.32. The second-order valence-electron chi connectivity index (χ2n) is 5.72. The molecule has 0 unspecified atom stereocenters. The Kier molecular flexibility index (Phi) is 4.60. The minimum Gasteiger partial charge on any atom is -0.444 e. The lowest BCUT2D eigenvalue weighted by atomic mass is 10.0. The molecule has 0 aromatic carbocycles. The number of carbonyl (C=O) groups is 1. The monoisotopic (exact) mass is 327 g/mol. The van der Waals surface area contributed by atoms with Crippen molar-refractivity contribution in [3.05, 3.63) is 21.9 Å². The van der Waals surface area contributed by atoms with Crippen molar-refractivity contribution in [1.29, 1.82) is 0 Å². The van der Waals surface area contributed by atoms with E-state index in [0.717, 1.165) is 0 Å². The maximum Gasteiger partial charge on any atom is 0.410 e. The highest BCUT2D eigenvalue weighted by atomic mass is 35.5. The largest absolute Gasteiger partial charge is 0.444 e. The molecule has 1 aliphatic heterocycles. The normalized spacial score (nSPS) is 15.0. The first-order valence-corrected chi connectivity index (χ1v) is 7.18. The van der Waals surface area contributed by atoms with E-state index in [-0.39, 0.29) is 22.3 Å². The van der Waals surface area contributed by atoms with E-state index in [1.807, 2.05) is 20.8 Å². The van der Waals surface area contributed by atoms with Crippen molar-refractivity contribution in [2.45, 2.75) is 26.4 Å². The summed E-state index contributed by atoms with van der Waals surface area (Å²) < 4.78 is 5.27. The molecule has 0 saturated carbocycles. The number of ether oxygens (including phenoxy) is 1. The van der Waals surface area contributed by atoms with Crippen molar-refractivity contribution in [1.82, 2.24) is 15.1 Å². The molecule has 21 heavy (non-hydrogen) atoms. The van der Waals surface area contributed by atoms with E-state index in [0.29, 0.717) is 18.7 Å². The first-order valence-electron chi connectivity index (χ1n) is 6.43. The zero-order chi connectivity index (χ0) is 15.6. The predicted molar refractivity (Wildman–Crippen MR) is 80.2 cm³/mol. The molecule has 2 heterocycles. The van der Waals surface area contributed by atoms with Crippen molar-refractivity contribution in [3.63, 3.8) is 0 Å². The molecule has 1 fully saturated rings. The van der Waals surface area contributed by atoms with Gasteiger partial charge in [0.1, 0.15) is 5.60 Å².